The standard InChI is InChI=1S/C10H18N6/c1-3-16-9(13-7-14-16)6-12-10(11)15(2)8-4-5-8/h7-8H,3-6H2,1-2H3,(H2,11,12). The second-order valence-electron chi connectivity index (χ2n) is 4.01. The Hall–Kier alpha value is -1.59. The first-order valence-corrected chi connectivity index (χ1v) is 5.61. The molecule has 6 heteroatoms. The summed E-state index contributed by atoms with van der Waals surface area (Å²) in [5.41, 5.74) is 5.88. The van der Waals surface area contributed by atoms with Crippen molar-refractivity contribution in [2.24, 2.45) is 10.7 Å². The molecule has 0 unspecified atom stereocenters. The molecule has 0 aromatic carbocycles. The molecule has 1 aromatic heterocycles. The van der Waals surface area contributed by atoms with Crippen molar-refractivity contribution in [3.63, 3.8) is 0 Å². The molecule has 1 aliphatic carbocycles. The van der Waals surface area contributed by atoms with Crippen LogP contribution in [0.5, 0.6) is 0 Å². The second kappa shape index (κ2) is 4.51. The topological polar surface area (TPSA) is 72.3 Å². The van der Waals surface area contributed by atoms with Gasteiger partial charge in [-0.3, -0.25) is 0 Å². The van der Waals surface area contributed by atoms with Crippen LogP contribution in [0.15, 0.2) is 11.3 Å². The van der Waals surface area contributed by atoms with Gasteiger partial charge in [0.2, 0.25) is 0 Å². The van der Waals surface area contributed by atoms with E-state index in [2.05, 4.69) is 15.1 Å². The monoisotopic (exact) mass is 222 g/mol. The van der Waals surface area contributed by atoms with Crippen molar-refractivity contribution in [2.75, 3.05) is 7.05 Å². The van der Waals surface area contributed by atoms with Crippen molar-refractivity contribution in [3.05, 3.63) is 12.2 Å². The van der Waals surface area contributed by atoms with Gasteiger partial charge in [-0.1, -0.05) is 0 Å². The van der Waals surface area contributed by atoms with Crippen LogP contribution < -0.4 is 5.73 Å². The molecule has 0 spiro atoms. The fourth-order valence-electron chi connectivity index (χ4n) is 1.59. The van der Waals surface area contributed by atoms with E-state index in [4.69, 9.17) is 5.73 Å². The Labute approximate surface area is 95.2 Å². The summed E-state index contributed by atoms with van der Waals surface area (Å²) in [6.45, 7) is 3.33. The minimum Gasteiger partial charge on any atom is -0.370 e. The summed E-state index contributed by atoms with van der Waals surface area (Å²) in [6, 6.07) is 0.591. The Balaban J connectivity index is 1.96. The van der Waals surface area contributed by atoms with Gasteiger partial charge in [-0.2, -0.15) is 5.10 Å². The van der Waals surface area contributed by atoms with Gasteiger partial charge in [-0.05, 0) is 19.8 Å². The zero-order valence-corrected chi connectivity index (χ0v) is 9.80. The third-order valence-corrected chi connectivity index (χ3v) is 2.83. The van der Waals surface area contributed by atoms with Crippen molar-refractivity contribution < 1.29 is 0 Å². The highest BCUT2D eigenvalue weighted by atomic mass is 15.3. The number of nitrogens with two attached hydrogens (primary N) is 1. The van der Waals surface area contributed by atoms with Crippen LogP contribution in [0.25, 0.3) is 0 Å². The normalized spacial score (nSPS) is 16.5. The van der Waals surface area contributed by atoms with Crippen molar-refractivity contribution in [2.45, 2.75) is 38.9 Å². The smallest absolute Gasteiger partial charge is 0.191 e. The lowest BCUT2D eigenvalue weighted by Crippen LogP contribution is -2.35. The Morgan fingerprint density at radius 2 is 2.44 bits per heavy atom. The van der Waals surface area contributed by atoms with E-state index in [0.29, 0.717) is 18.5 Å². The number of rotatable bonds is 4. The molecule has 6 nitrogen and oxygen atoms in total. The SMILES string of the molecule is CCn1ncnc1CN=C(N)N(C)C1CC1. The predicted octanol–water partition coefficient (Wildman–Crippen LogP) is 0.207. The van der Waals surface area contributed by atoms with Crippen LogP contribution in [0.4, 0.5) is 0 Å². The van der Waals surface area contributed by atoms with Crippen LogP contribution >= 0.6 is 0 Å². The van der Waals surface area contributed by atoms with Crippen LogP contribution in [0.3, 0.4) is 0 Å². The maximum atomic E-state index is 5.88. The maximum absolute atomic E-state index is 5.88. The van der Waals surface area contributed by atoms with Crippen LogP contribution in [0.1, 0.15) is 25.6 Å². The fraction of sp³-hybridized carbons (Fsp3) is 0.700. The number of guanidine groups is 1. The number of aryl methyl sites for hydroxylation is 1. The first kappa shape index (κ1) is 10.9. The summed E-state index contributed by atoms with van der Waals surface area (Å²) in [5.74, 6) is 1.45. The first-order valence-electron chi connectivity index (χ1n) is 5.61. The minimum atomic E-state index is 0.497. The van der Waals surface area contributed by atoms with E-state index in [1.54, 1.807) is 6.33 Å². The molecule has 1 heterocycles. The summed E-state index contributed by atoms with van der Waals surface area (Å²) in [4.78, 5) is 10.5. The van der Waals surface area contributed by atoms with Gasteiger partial charge in [0.1, 0.15) is 18.7 Å². The van der Waals surface area contributed by atoms with Crippen molar-refractivity contribution >= 4 is 5.96 Å². The van der Waals surface area contributed by atoms with Crippen LogP contribution in [0, 0.1) is 0 Å². The Bertz CT molecular complexity index is 378. The van der Waals surface area contributed by atoms with Gasteiger partial charge in [0, 0.05) is 19.6 Å². The Morgan fingerprint density at radius 3 is 3.06 bits per heavy atom. The molecule has 16 heavy (non-hydrogen) atoms. The molecule has 1 aromatic rings. The molecule has 0 saturated heterocycles. The van der Waals surface area contributed by atoms with Gasteiger partial charge >= 0.3 is 0 Å². The molecule has 0 radical (unpaired) electrons. The lowest BCUT2D eigenvalue weighted by Gasteiger charge is -2.16. The highest BCUT2D eigenvalue weighted by molar-refractivity contribution is 5.78. The van der Waals surface area contributed by atoms with E-state index in [9.17, 15) is 0 Å². The van der Waals surface area contributed by atoms with Crippen LogP contribution in [-0.4, -0.2) is 38.7 Å². The van der Waals surface area contributed by atoms with E-state index >= 15 is 0 Å². The van der Waals surface area contributed by atoms with Gasteiger partial charge < -0.3 is 10.6 Å². The molecule has 88 valence electrons. The third-order valence-electron chi connectivity index (χ3n) is 2.83. The molecule has 0 amide bonds. The second-order valence-corrected chi connectivity index (χ2v) is 4.01. The van der Waals surface area contributed by atoms with E-state index in [-0.39, 0.29) is 0 Å². The molecule has 1 saturated carbocycles. The maximum Gasteiger partial charge on any atom is 0.191 e. The zero-order chi connectivity index (χ0) is 11.5. The molecule has 2 N–H and O–H groups in total. The van der Waals surface area contributed by atoms with E-state index in [1.807, 2.05) is 23.6 Å². The largest absolute Gasteiger partial charge is 0.370 e. The molecule has 2 rings (SSSR count). The quantitative estimate of drug-likeness (QED) is 0.584. The van der Waals surface area contributed by atoms with Crippen molar-refractivity contribution in [1.82, 2.24) is 19.7 Å². The van der Waals surface area contributed by atoms with Gasteiger partial charge in [0.25, 0.3) is 0 Å². The van der Waals surface area contributed by atoms with Gasteiger partial charge in [0.05, 0.1) is 0 Å². The van der Waals surface area contributed by atoms with Crippen LogP contribution in [-0.2, 0) is 13.1 Å². The average Bonchev–Trinajstić information content (AvgIpc) is 3.04. The molecular weight excluding hydrogens is 204 g/mol. The lowest BCUT2D eigenvalue weighted by atomic mass is 10.5. The molecule has 0 bridgehead atoms. The minimum absolute atomic E-state index is 0.497. The fourth-order valence-corrected chi connectivity index (χ4v) is 1.59. The number of aliphatic imine (C=N–C) groups is 1. The van der Waals surface area contributed by atoms with Crippen molar-refractivity contribution in [1.29, 1.82) is 0 Å². The van der Waals surface area contributed by atoms with Crippen molar-refractivity contribution in [3.8, 4) is 0 Å². The molecular formula is C10H18N6. The Kier molecular flexibility index (Phi) is 3.07. The number of hydrogen-bond acceptors (Lipinski definition) is 3. The van der Waals surface area contributed by atoms with Crippen LogP contribution in [0.2, 0.25) is 0 Å². The zero-order valence-electron chi connectivity index (χ0n) is 9.80. The number of hydrogen-bond donors (Lipinski definition) is 1. The summed E-state index contributed by atoms with van der Waals surface area (Å²) in [7, 11) is 1.99. The summed E-state index contributed by atoms with van der Waals surface area (Å²) in [6.07, 6.45) is 3.99. The molecule has 0 atom stereocenters. The summed E-state index contributed by atoms with van der Waals surface area (Å²) < 4.78 is 1.83. The number of aromatic nitrogens is 3. The number of nitrogens with zero attached hydrogens (tertiary/aromatic N) is 5. The van der Waals surface area contributed by atoms with E-state index in [1.165, 1.54) is 12.8 Å². The molecule has 1 fully saturated rings. The predicted molar refractivity (Wildman–Crippen MR) is 61.8 cm³/mol. The van der Waals surface area contributed by atoms with E-state index < -0.39 is 0 Å². The highest BCUT2D eigenvalue weighted by Crippen LogP contribution is 2.24. The van der Waals surface area contributed by atoms with E-state index in [0.717, 1.165) is 12.4 Å². The molecule has 1 aliphatic rings. The summed E-state index contributed by atoms with van der Waals surface area (Å²) in [5, 5.41) is 4.09. The first-order chi connectivity index (χ1) is 7.72. The summed E-state index contributed by atoms with van der Waals surface area (Å²) >= 11 is 0. The molecule has 0 aliphatic heterocycles. The lowest BCUT2D eigenvalue weighted by molar-refractivity contribution is 0.486. The van der Waals surface area contributed by atoms with Gasteiger partial charge in [-0.15, -0.1) is 0 Å². The Morgan fingerprint density at radius 1 is 1.69 bits per heavy atom. The average molecular weight is 222 g/mol. The highest BCUT2D eigenvalue weighted by Gasteiger charge is 2.27. The van der Waals surface area contributed by atoms with Gasteiger partial charge in [0.15, 0.2) is 5.96 Å². The third kappa shape index (κ3) is 2.32. The van der Waals surface area contributed by atoms with Gasteiger partial charge in [-0.25, -0.2) is 14.7 Å².